The Balaban J connectivity index is 1.72. The quantitative estimate of drug-likeness (QED) is 0.877. The maximum Gasteiger partial charge on any atom is 0.295 e. The average Bonchev–Trinajstić information content (AvgIpc) is 3.07. The highest BCUT2D eigenvalue weighted by molar-refractivity contribution is 5.41. The number of anilines is 1. The van der Waals surface area contributed by atoms with Gasteiger partial charge in [-0.3, -0.25) is 5.10 Å². The zero-order valence-corrected chi connectivity index (χ0v) is 11.0. The Kier molecular flexibility index (Phi) is 3.18. The third-order valence-electron chi connectivity index (χ3n) is 3.94. The molecule has 2 aromatic rings. The van der Waals surface area contributed by atoms with Crippen molar-refractivity contribution in [2.75, 3.05) is 5.73 Å². The average molecular weight is 262 g/mol. The third kappa shape index (κ3) is 2.45. The minimum Gasteiger partial charge on any atom is -0.366 e. The van der Waals surface area contributed by atoms with Crippen molar-refractivity contribution in [3.8, 4) is 11.7 Å². The Morgan fingerprint density at radius 3 is 2.68 bits per heavy atom. The molecule has 0 amide bonds. The van der Waals surface area contributed by atoms with Gasteiger partial charge in [0.15, 0.2) is 5.82 Å². The van der Waals surface area contributed by atoms with Gasteiger partial charge in [0, 0.05) is 5.92 Å². The van der Waals surface area contributed by atoms with E-state index in [0.717, 1.165) is 24.6 Å². The summed E-state index contributed by atoms with van der Waals surface area (Å²) in [6, 6.07) is 0. The fourth-order valence-electron chi connectivity index (χ4n) is 2.70. The molecule has 19 heavy (non-hydrogen) atoms. The van der Waals surface area contributed by atoms with E-state index in [1.165, 1.54) is 19.3 Å². The van der Waals surface area contributed by atoms with Gasteiger partial charge in [-0.15, -0.1) is 5.10 Å². The number of hydrogen-bond acceptors (Lipinski definition) is 6. The van der Waals surface area contributed by atoms with Crippen LogP contribution < -0.4 is 5.73 Å². The maximum atomic E-state index is 5.45. The monoisotopic (exact) mass is 262 g/mol. The highest BCUT2D eigenvalue weighted by Crippen LogP contribution is 2.36. The number of aromatic amines is 1. The summed E-state index contributed by atoms with van der Waals surface area (Å²) in [5.41, 5.74) is 5.45. The van der Waals surface area contributed by atoms with E-state index >= 15 is 0 Å². The number of nitrogens with zero attached hydrogens (tertiary/aromatic N) is 4. The fourth-order valence-corrected chi connectivity index (χ4v) is 2.70. The SMILES string of the molecule is CCC1CCC(c2noc(-c3nc(N)n[nH]3)n2)CC1. The first-order valence-electron chi connectivity index (χ1n) is 6.78. The van der Waals surface area contributed by atoms with Crippen molar-refractivity contribution in [2.24, 2.45) is 5.92 Å². The lowest BCUT2D eigenvalue weighted by atomic mass is 9.80. The van der Waals surface area contributed by atoms with Crippen LogP contribution in [-0.2, 0) is 0 Å². The number of H-pyrrole nitrogens is 1. The summed E-state index contributed by atoms with van der Waals surface area (Å²) in [4.78, 5) is 8.38. The number of rotatable bonds is 3. The largest absolute Gasteiger partial charge is 0.366 e. The summed E-state index contributed by atoms with van der Waals surface area (Å²) in [5, 5.41) is 10.5. The third-order valence-corrected chi connectivity index (χ3v) is 3.94. The fraction of sp³-hybridized carbons (Fsp3) is 0.667. The Morgan fingerprint density at radius 1 is 1.26 bits per heavy atom. The molecule has 1 fully saturated rings. The summed E-state index contributed by atoms with van der Waals surface area (Å²) in [6.07, 6.45) is 6.04. The first-order valence-corrected chi connectivity index (χ1v) is 6.78. The van der Waals surface area contributed by atoms with E-state index in [0.29, 0.717) is 17.6 Å². The molecule has 0 aliphatic heterocycles. The molecule has 2 heterocycles. The van der Waals surface area contributed by atoms with Crippen LogP contribution in [0.5, 0.6) is 0 Å². The van der Waals surface area contributed by atoms with Crippen molar-refractivity contribution in [3.05, 3.63) is 5.82 Å². The van der Waals surface area contributed by atoms with Gasteiger partial charge in [0.2, 0.25) is 11.8 Å². The molecule has 7 heteroatoms. The molecule has 0 radical (unpaired) electrons. The molecule has 1 saturated carbocycles. The van der Waals surface area contributed by atoms with Gasteiger partial charge in [-0.2, -0.15) is 9.97 Å². The molecule has 0 atom stereocenters. The molecule has 102 valence electrons. The van der Waals surface area contributed by atoms with Crippen LogP contribution in [0.25, 0.3) is 11.7 Å². The van der Waals surface area contributed by atoms with Gasteiger partial charge in [-0.25, -0.2) is 0 Å². The van der Waals surface area contributed by atoms with Crippen LogP contribution in [0, 0.1) is 5.92 Å². The van der Waals surface area contributed by atoms with Gasteiger partial charge >= 0.3 is 0 Å². The Bertz CT molecular complexity index is 540. The molecule has 1 aliphatic carbocycles. The number of nitrogens with two attached hydrogens (primary N) is 1. The molecule has 0 saturated heterocycles. The molecule has 7 nitrogen and oxygen atoms in total. The molecule has 2 aromatic heterocycles. The van der Waals surface area contributed by atoms with E-state index in [4.69, 9.17) is 10.3 Å². The first-order chi connectivity index (χ1) is 9.26. The molecule has 1 aliphatic rings. The minimum atomic E-state index is 0.179. The van der Waals surface area contributed by atoms with Gasteiger partial charge in [-0.05, 0) is 31.6 Å². The van der Waals surface area contributed by atoms with E-state index < -0.39 is 0 Å². The molecule has 3 N–H and O–H groups in total. The zero-order valence-electron chi connectivity index (χ0n) is 11.0. The van der Waals surface area contributed by atoms with Gasteiger partial charge < -0.3 is 10.3 Å². The second-order valence-electron chi connectivity index (χ2n) is 5.13. The first kappa shape index (κ1) is 12.1. The van der Waals surface area contributed by atoms with Crippen molar-refractivity contribution < 1.29 is 4.52 Å². The van der Waals surface area contributed by atoms with Crippen LogP contribution in [-0.4, -0.2) is 25.3 Å². The minimum absolute atomic E-state index is 0.179. The summed E-state index contributed by atoms with van der Waals surface area (Å²) < 4.78 is 5.22. The van der Waals surface area contributed by atoms with Crippen LogP contribution in [0.4, 0.5) is 5.95 Å². The second-order valence-corrected chi connectivity index (χ2v) is 5.13. The van der Waals surface area contributed by atoms with Gasteiger partial charge in [0.1, 0.15) is 0 Å². The zero-order chi connectivity index (χ0) is 13.2. The number of nitrogens with one attached hydrogen (secondary N) is 1. The van der Waals surface area contributed by atoms with Crippen molar-refractivity contribution in [1.29, 1.82) is 0 Å². The topological polar surface area (TPSA) is 107 Å². The predicted molar refractivity (Wildman–Crippen MR) is 69.1 cm³/mol. The van der Waals surface area contributed by atoms with Crippen LogP contribution in [0.15, 0.2) is 4.52 Å². The number of nitrogen functional groups attached to an aromatic ring is 1. The standard InChI is InChI=1S/C12H18N6O/c1-2-7-3-5-8(6-4-7)9-14-11(19-18-9)10-15-12(13)17-16-10/h7-8H,2-6H2,1H3,(H3,13,15,16,17). The molecule has 0 unspecified atom stereocenters. The summed E-state index contributed by atoms with van der Waals surface area (Å²) in [7, 11) is 0. The Labute approximate surface area is 111 Å². The smallest absolute Gasteiger partial charge is 0.295 e. The van der Waals surface area contributed by atoms with E-state index in [9.17, 15) is 0 Å². The molecular formula is C12H18N6O. The van der Waals surface area contributed by atoms with Crippen LogP contribution >= 0.6 is 0 Å². The molecular weight excluding hydrogens is 244 g/mol. The summed E-state index contributed by atoms with van der Waals surface area (Å²) >= 11 is 0. The van der Waals surface area contributed by atoms with E-state index in [1.54, 1.807) is 0 Å². The highest BCUT2D eigenvalue weighted by atomic mass is 16.5. The van der Waals surface area contributed by atoms with E-state index in [1.807, 2.05) is 0 Å². The van der Waals surface area contributed by atoms with Crippen molar-refractivity contribution in [2.45, 2.75) is 44.9 Å². The van der Waals surface area contributed by atoms with Crippen molar-refractivity contribution >= 4 is 5.95 Å². The van der Waals surface area contributed by atoms with Gasteiger partial charge in [0.05, 0.1) is 0 Å². The lowest BCUT2D eigenvalue weighted by molar-refractivity contribution is 0.305. The summed E-state index contributed by atoms with van der Waals surface area (Å²) in [6.45, 7) is 2.26. The maximum absolute atomic E-state index is 5.45. The summed E-state index contributed by atoms with van der Waals surface area (Å²) in [5.74, 6) is 3.00. The van der Waals surface area contributed by atoms with Gasteiger partial charge in [0.25, 0.3) is 5.89 Å². The normalized spacial score (nSPS) is 23.6. The molecule has 0 aromatic carbocycles. The molecule has 0 spiro atoms. The van der Waals surface area contributed by atoms with Crippen LogP contribution in [0.3, 0.4) is 0 Å². The predicted octanol–water partition coefficient (Wildman–Crippen LogP) is 2.12. The lowest BCUT2D eigenvalue weighted by Gasteiger charge is -2.25. The second kappa shape index (κ2) is 4.99. The van der Waals surface area contributed by atoms with Crippen LogP contribution in [0.2, 0.25) is 0 Å². The Morgan fingerprint density at radius 2 is 2.05 bits per heavy atom. The van der Waals surface area contributed by atoms with E-state index in [-0.39, 0.29) is 5.95 Å². The van der Waals surface area contributed by atoms with Crippen molar-refractivity contribution in [1.82, 2.24) is 25.3 Å². The molecule has 3 rings (SSSR count). The number of hydrogen-bond donors (Lipinski definition) is 2. The van der Waals surface area contributed by atoms with Crippen molar-refractivity contribution in [3.63, 3.8) is 0 Å². The van der Waals surface area contributed by atoms with E-state index in [2.05, 4.69) is 32.2 Å². The van der Waals surface area contributed by atoms with Crippen LogP contribution in [0.1, 0.15) is 50.8 Å². The Hall–Kier alpha value is -1.92. The molecule has 0 bridgehead atoms. The lowest BCUT2D eigenvalue weighted by Crippen LogP contribution is -2.13. The van der Waals surface area contributed by atoms with Gasteiger partial charge in [-0.1, -0.05) is 18.5 Å². The highest BCUT2D eigenvalue weighted by Gasteiger charge is 2.25. The number of aromatic nitrogens is 5.